The summed E-state index contributed by atoms with van der Waals surface area (Å²) in [4.78, 5) is 11.8. The van der Waals surface area contributed by atoms with Gasteiger partial charge in [0.05, 0.1) is 12.7 Å². The summed E-state index contributed by atoms with van der Waals surface area (Å²) in [6.07, 6.45) is 3.57. The molecule has 1 aliphatic rings. The first kappa shape index (κ1) is 12.6. The highest BCUT2D eigenvalue weighted by Gasteiger charge is 2.27. The highest BCUT2D eigenvalue weighted by atomic mass is 16.5. The van der Waals surface area contributed by atoms with Crippen LogP contribution in [0.15, 0.2) is 11.8 Å². The summed E-state index contributed by atoms with van der Waals surface area (Å²) in [7, 11) is 0. The zero-order valence-electron chi connectivity index (χ0n) is 10.0. The summed E-state index contributed by atoms with van der Waals surface area (Å²) >= 11 is 0. The summed E-state index contributed by atoms with van der Waals surface area (Å²) in [5, 5.41) is 11.7. The van der Waals surface area contributed by atoms with Gasteiger partial charge >= 0.3 is 0 Å². The lowest BCUT2D eigenvalue weighted by Gasteiger charge is -2.26. The van der Waals surface area contributed by atoms with Crippen LogP contribution >= 0.6 is 0 Å². The minimum Gasteiger partial charge on any atom is -0.488 e. The zero-order chi connectivity index (χ0) is 12.2. The number of ether oxygens (including phenoxy) is 1. The predicted molar refractivity (Wildman–Crippen MR) is 60.3 cm³/mol. The van der Waals surface area contributed by atoms with Gasteiger partial charge in [-0.1, -0.05) is 20.8 Å². The van der Waals surface area contributed by atoms with E-state index in [-0.39, 0.29) is 11.3 Å². The van der Waals surface area contributed by atoms with Crippen LogP contribution < -0.4 is 5.32 Å². The summed E-state index contributed by atoms with van der Waals surface area (Å²) in [6, 6.07) is 1.59. The molecule has 4 nitrogen and oxygen atoms in total. The van der Waals surface area contributed by atoms with Crippen molar-refractivity contribution in [1.82, 2.24) is 5.32 Å². The molecule has 0 unspecified atom stereocenters. The molecule has 0 radical (unpaired) electrons. The van der Waals surface area contributed by atoms with Crippen molar-refractivity contribution in [3.05, 3.63) is 11.8 Å². The number of amides is 1. The largest absolute Gasteiger partial charge is 0.488 e. The number of carbonyl (C=O) groups excluding carboxylic acids is 1. The second-order valence-corrected chi connectivity index (χ2v) is 4.96. The van der Waals surface area contributed by atoms with Gasteiger partial charge in [0, 0.05) is 0 Å². The number of hydrogen-bond acceptors (Lipinski definition) is 3. The maximum atomic E-state index is 11.8. The van der Waals surface area contributed by atoms with E-state index in [9.17, 15) is 4.79 Å². The Labute approximate surface area is 96.3 Å². The molecule has 1 amide bonds. The SMILES string of the molecule is CC(C)(C)[C@@H](C#N)NC(=O)C1=CCCCO1. The number of hydrogen-bond donors (Lipinski definition) is 1. The molecule has 1 heterocycles. The molecule has 1 atom stereocenters. The van der Waals surface area contributed by atoms with E-state index in [4.69, 9.17) is 10.00 Å². The minimum atomic E-state index is -0.508. The third-order valence-electron chi connectivity index (χ3n) is 2.43. The maximum Gasteiger partial charge on any atom is 0.287 e. The van der Waals surface area contributed by atoms with Crippen LogP contribution in [-0.4, -0.2) is 18.6 Å². The van der Waals surface area contributed by atoms with Crippen LogP contribution in [0.4, 0.5) is 0 Å². The Bertz CT molecular complexity index is 334. The van der Waals surface area contributed by atoms with Crippen LogP contribution in [0.3, 0.4) is 0 Å². The Kier molecular flexibility index (Phi) is 3.94. The zero-order valence-corrected chi connectivity index (χ0v) is 10.0. The van der Waals surface area contributed by atoms with Gasteiger partial charge in [-0.05, 0) is 24.3 Å². The average Bonchev–Trinajstić information content (AvgIpc) is 2.25. The van der Waals surface area contributed by atoms with E-state index in [0.717, 1.165) is 12.8 Å². The average molecular weight is 222 g/mol. The van der Waals surface area contributed by atoms with Crippen molar-refractivity contribution < 1.29 is 9.53 Å². The summed E-state index contributed by atoms with van der Waals surface area (Å²) < 4.78 is 5.24. The number of nitrogens with zero attached hydrogens (tertiary/aromatic N) is 1. The Hall–Kier alpha value is -1.50. The number of rotatable bonds is 2. The van der Waals surface area contributed by atoms with Crippen LogP contribution in [0.2, 0.25) is 0 Å². The van der Waals surface area contributed by atoms with Crippen molar-refractivity contribution in [1.29, 1.82) is 5.26 Å². The van der Waals surface area contributed by atoms with E-state index in [2.05, 4.69) is 11.4 Å². The Morgan fingerprint density at radius 2 is 2.31 bits per heavy atom. The van der Waals surface area contributed by atoms with Gasteiger partial charge in [0.15, 0.2) is 5.76 Å². The molecule has 1 rings (SSSR count). The Balaban J connectivity index is 2.63. The van der Waals surface area contributed by atoms with Gasteiger partial charge in [-0.3, -0.25) is 4.79 Å². The quantitative estimate of drug-likeness (QED) is 0.774. The van der Waals surface area contributed by atoms with Crippen LogP contribution in [0, 0.1) is 16.7 Å². The highest BCUT2D eigenvalue weighted by Crippen LogP contribution is 2.19. The van der Waals surface area contributed by atoms with Gasteiger partial charge in [0.2, 0.25) is 0 Å². The third-order valence-corrected chi connectivity index (χ3v) is 2.43. The van der Waals surface area contributed by atoms with Gasteiger partial charge in [-0.15, -0.1) is 0 Å². The molecule has 0 aromatic rings. The van der Waals surface area contributed by atoms with Crippen molar-refractivity contribution in [2.45, 2.75) is 39.7 Å². The molecule has 0 aromatic heterocycles. The first-order chi connectivity index (χ1) is 7.45. The molecule has 0 saturated carbocycles. The molecule has 1 aliphatic heterocycles. The third kappa shape index (κ3) is 3.27. The predicted octanol–water partition coefficient (Wildman–Crippen LogP) is 1.74. The summed E-state index contributed by atoms with van der Waals surface area (Å²) in [5.74, 6) is 0.0527. The van der Waals surface area contributed by atoms with Crippen molar-refractivity contribution >= 4 is 5.91 Å². The molecule has 0 bridgehead atoms. The standard InChI is InChI=1S/C12H18N2O2/c1-12(2,3)10(8-13)14-11(15)9-6-4-5-7-16-9/h6,10H,4-5,7H2,1-3H3,(H,14,15)/t10-/m1/s1. The maximum absolute atomic E-state index is 11.8. The van der Waals surface area contributed by atoms with Crippen molar-refractivity contribution in [2.75, 3.05) is 6.61 Å². The molecule has 16 heavy (non-hydrogen) atoms. The van der Waals surface area contributed by atoms with Crippen LogP contribution in [0.25, 0.3) is 0 Å². The van der Waals surface area contributed by atoms with E-state index in [0.29, 0.717) is 12.4 Å². The summed E-state index contributed by atoms with van der Waals surface area (Å²) in [6.45, 7) is 6.32. The smallest absolute Gasteiger partial charge is 0.287 e. The van der Waals surface area contributed by atoms with E-state index < -0.39 is 6.04 Å². The van der Waals surface area contributed by atoms with Crippen molar-refractivity contribution in [3.8, 4) is 6.07 Å². The van der Waals surface area contributed by atoms with Gasteiger partial charge in [-0.25, -0.2) is 0 Å². The fourth-order valence-corrected chi connectivity index (χ4v) is 1.36. The lowest BCUT2D eigenvalue weighted by Crippen LogP contribution is -2.43. The van der Waals surface area contributed by atoms with E-state index in [1.165, 1.54) is 0 Å². The van der Waals surface area contributed by atoms with Crippen LogP contribution in [-0.2, 0) is 9.53 Å². The molecule has 0 aromatic carbocycles. The monoisotopic (exact) mass is 222 g/mol. The molecule has 1 N–H and O–H groups in total. The van der Waals surface area contributed by atoms with Crippen LogP contribution in [0.5, 0.6) is 0 Å². The molecule has 0 aliphatic carbocycles. The molecule has 0 spiro atoms. The molecular formula is C12H18N2O2. The second kappa shape index (κ2) is 5.02. The fraction of sp³-hybridized carbons (Fsp3) is 0.667. The van der Waals surface area contributed by atoms with Gasteiger partial charge in [0.1, 0.15) is 6.04 Å². The first-order valence-electron chi connectivity index (χ1n) is 5.48. The normalized spacial score (nSPS) is 17.8. The minimum absolute atomic E-state index is 0.278. The highest BCUT2D eigenvalue weighted by molar-refractivity contribution is 5.91. The van der Waals surface area contributed by atoms with E-state index in [1.807, 2.05) is 20.8 Å². The lowest BCUT2D eigenvalue weighted by molar-refractivity contribution is -0.122. The number of carbonyl (C=O) groups is 1. The number of nitrogens with one attached hydrogen (secondary N) is 1. The second-order valence-electron chi connectivity index (χ2n) is 4.96. The molecule has 4 heteroatoms. The lowest BCUT2D eigenvalue weighted by atomic mass is 9.87. The topological polar surface area (TPSA) is 62.1 Å². The molecular weight excluding hydrogens is 204 g/mol. The van der Waals surface area contributed by atoms with E-state index >= 15 is 0 Å². The molecule has 0 saturated heterocycles. The van der Waals surface area contributed by atoms with Gasteiger partial charge in [0.25, 0.3) is 5.91 Å². The Morgan fingerprint density at radius 3 is 2.75 bits per heavy atom. The first-order valence-corrected chi connectivity index (χ1v) is 5.48. The van der Waals surface area contributed by atoms with E-state index in [1.54, 1.807) is 6.08 Å². The van der Waals surface area contributed by atoms with Gasteiger partial charge in [-0.2, -0.15) is 5.26 Å². The number of nitriles is 1. The molecule has 0 fully saturated rings. The summed E-state index contributed by atoms with van der Waals surface area (Å²) in [5.41, 5.74) is -0.278. The van der Waals surface area contributed by atoms with Crippen LogP contribution in [0.1, 0.15) is 33.6 Å². The number of allylic oxidation sites excluding steroid dienone is 1. The fourth-order valence-electron chi connectivity index (χ4n) is 1.36. The van der Waals surface area contributed by atoms with Crippen molar-refractivity contribution in [3.63, 3.8) is 0 Å². The molecule has 88 valence electrons. The van der Waals surface area contributed by atoms with Gasteiger partial charge < -0.3 is 10.1 Å². The Morgan fingerprint density at radius 1 is 1.62 bits per heavy atom. The van der Waals surface area contributed by atoms with Crippen molar-refractivity contribution in [2.24, 2.45) is 5.41 Å².